The van der Waals surface area contributed by atoms with Crippen LogP contribution in [0.25, 0.3) is 33.3 Å². The summed E-state index contributed by atoms with van der Waals surface area (Å²) in [5.74, 6) is -1.63. The largest absolute Gasteiger partial charge is 0.508 e. The van der Waals surface area contributed by atoms with Crippen molar-refractivity contribution in [3.63, 3.8) is 0 Å². The lowest BCUT2D eigenvalue weighted by Gasteiger charge is -2.33. The number of hydrogen-bond acceptors (Lipinski definition) is 10. The number of aromatic hydroxyl groups is 1. The zero-order valence-corrected chi connectivity index (χ0v) is 34.8. The Morgan fingerprint density at radius 3 is 2.45 bits per heavy atom. The summed E-state index contributed by atoms with van der Waals surface area (Å²) in [6.07, 6.45) is 3.73. The second-order valence-electron chi connectivity index (χ2n) is 16.4. The maximum Gasteiger partial charge on any atom is 0.293 e. The number of rotatable bonds is 17. The zero-order chi connectivity index (χ0) is 42.4. The number of nitrogens with zero attached hydrogens (tertiary/aromatic N) is 3. The number of aromatic nitrogens is 2. The number of hydrazine groups is 1. The molecule has 2 aromatic carbocycles. The van der Waals surface area contributed by atoms with Gasteiger partial charge in [0.25, 0.3) is 12.4 Å². The number of aliphatic hydroxyl groups is 1. The molecule has 0 bridgehead atoms. The van der Waals surface area contributed by atoms with Gasteiger partial charge in [-0.2, -0.15) is 0 Å². The average Bonchev–Trinajstić information content (AvgIpc) is 3.49. The molecule has 1 fully saturated rings. The van der Waals surface area contributed by atoms with E-state index in [-0.39, 0.29) is 30.8 Å². The van der Waals surface area contributed by atoms with Gasteiger partial charge in [-0.25, -0.2) is 5.43 Å². The number of benzene rings is 2. The summed E-state index contributed by atoms with van der Waals surface area (Å²) in [7, 11) is 1.66. The molecule has 14 nitrogen and oxygen atoms in total. The van der Waals surface area contributed by atoms with Gasteiger partial charge in [0.1, 0.15) is 17.8 Å². The first-order chi connectivity index (χ1) is 27.5. The highest BCUT2D eigenvalue weighted by molar-refractivity contribution is 5.96. The van der Waals surface area contributed by atoms with Gasteiger partial charge in [0.15, 0.2) is 0 Å². The van der Waals surface area contributed by atoms with Crippen LogP contribution in [0.1, 0.15) is 84.2 Å². The van der Waals surface area contributed by atoms with E-state index in [9.17, 15) is 29.4 Å². The van der Waals surface area contributed by atoms with Gasteiger partial charge in [0, 0.05) is 68.2 Å². The quantitative estimate of drug-likeness (QED) is 0.0914. The van der Waals surface area contributed by atoms with Crippen LogP contribution in [-0.4, -0.2) is 93.5 Å². The summed E-state index contributed by atoms with van der Waals surface area (Å²) in [6, 6.07) is 12.8. The van der Waals surface area contributed by atoms with E-state index in [1.54, 1.807) is 25.4 Å². The Bertz CT molecular complexity index is 2120. The summed E-state index contributed by atoms with van der Waals surface area (Å²) in [4.78, 5) is 55.7. The minimum atomic E-state index is -1.63. The number of carbonyl (C=O) groups excluding carboxylic acids is 4. The molecule has 0 unspecified atom stereocenters. The molecule has 312 valence electrons. The first kappa shape index (κ1) is 43.8. The lowest BCUT2D eigenvalue weighted by atomic mass is 9.84. The minimum absolute atomic E-state index is 0.0129. The van der Waals surface area contributed by atoms with Crippen LogP contribution in [0.5, 0.6) is 5.75 Å². The number of fused-ring (bicyclic) bond motifs is 1. The molecule has 3 heterocycles. The van der Waals surface area contributed by atoms with Crippen molar-refractivity contribution in [2.75, 3.05) is 26.8 Å². The number of methoxy groups -OCH3 is 1. The van der Waals surface area contributed by atoms with Gasteiger partial charge in [0.05, 0.1) is 29.7 Å². The molecule has 1 saturated heterocycles. The average molecular weight is 799 g/mol. The number of pyridine rings is 1. The molecule has 58 heavy (non-hydrogen) atoms. The number of phenolic OH excluding ortho intramolecular Hbond substituents is 1. The lowest BCUT2D eigenvalue weighted by molar-refractivity contribution is -0.142. The first-order valence-corrected chi connectivity index (χ1v) is 19.8. The Morgan fingerprint density at radius 1 is 1.05 bits per heavy atom. The van der Waals surface area contributed by atoms with Crippen molar-refractivity contribution in [2.24, 2.45) is 5.41 Å². The zero-order valence-electron chi connectivity index (χ0n) is 34.8. The van der Waals surface area contributed by atoms with Crippen molar-refractivity contribution in [1.82, 2.24) is 30.6 Å². The molecule has 2 aromatic heterocycles. The highest BCUT2D eigenvalue weighted by Crippen LogP contribution is 2.42. The van der Waals surface area contributed by atoms with E-state index in [1.165, 1.54) is 25.8 Å². The molecule has 4 aromatic rings. The second-order valence-corrected chi connectivity index (χ2v) is 16.4. The number of amides is 3. The summed E-state index contributed by atoms with van der Waals surface area (Å²) in [5, 5.41) is 29.7. The molecule has 5 N–H and O–H groups in total. The highest BCUT2D eigenvalue weighted by Gasteiger charge is 2.37. The summed E-state index contributed by atoms with van der Waals surface area (Å²) < 4.78 is 13.3. The van der Waals surface area contributed by atoms with Crippen LogP contribution in [0, 0.1) is 5.41 Å². The Kier molecular flexibility index (Phi) is 14.0. The molecule has 5 rings (SSSR count). The molecule has 1 aliphatic rings. The number of phenols is 1. The number of hydrogen-bond donors (Lipinski definition) is 5. The fourth-order valence-electron chi connectivity index (χ4n) is 7.74. The smallest absolute Gasteiger partial charge is 0.293 e. The van der Waals surface area contributed by atoms with Crippen LogP contribution in [0.2, 0.25) is 0 Å². The van der Waals surface area contributed by atoms with Gasteiger partial charge in [-0.1, -0.05) is 26.0 Å². The predicted octanol–water partition coefficient (Wildman–Crippen LogP) is 4.97. The molecule has 0 saturated carbocycles. The fourth-order valence-corrected chi connectivity index (χ4v) is 7.74. The Balaban J connectivity index is 1.62. The van der Waals surface area contributed by atoms with E-state index >= 15 is 0 Å². The molecule has 1 aliphatic heterocycles. The Morgan fingerprint density at radius 2 is 1.81 bits per heavy atom. The van der Waals surface area contributed by atoms with Crippen molar-refractivity contribution in [3.8, 4) is 28.1 Å². The molecular weight excluding hydrogens is 741 g/mol. The van der Waals surface area contributed by atoms with Gasteiger partial charge < -0.3 is 34.9 Å². The molecule has 0 spiro atoms. The fraction of sp³-hybridized carbons (Fsp3) is 0.477. The van der Waals surface area contributed by atoms with E-state index < -0.39 is 34.9 Å². The summed E-state index contributed by atoms with van der Waals surface area (Å²) in [5.41, 5.74) is 7.87. The van der Waals surface area contributed by atoms with Gasteiger partial charge in [-0.3, -0.25) is 29.2 Å². The van der Waals surface area contributed by atoms with Crippen LogP contribution >= 0.6 is 0 Å². The normalized spacial score (nSPS) is 15.1. The third kappa shape index (κ3) is 10.2. The summed E-state index contributed by atoms with van der Waals surface area (Å²) >= 11 is 0. The molecule has 3 atom stereocenters. The number of ether oxygens (including phenoxy) is 2. The maximum absolute atomic E-state index is 14.0. The molecule has 14 heteroatoms. The van der Waals surface area contributed by atoms with Gasteiger partial charge in [-0.05, 0) is 106 Å². The molecule has 3 amide bonds. The van der Waals surface area contributed by atoms with Crippen LogP contribution < -0.4 is 16.1 Å². The predicted molar refractivity (Wildman–Crippen MR) is 221 cm³/mol. The van der Waals surface area contributed by atoms with E-state index in [2.05, 4.69) is 59.6 Å². The second kappa shape index (κ2) is 18.5. The van der Waals surface area contributed by atoms with Crippen molar-refractivity contribution >= 4 is 35.1 Å². The topological polar surface area (TPSA) is 184 Å². The van der Waals surface area contributed by atoms with E-state index in [0.29, 0.717) is 43.7 Å². The van der Waals surface area contributed by atoms with Gasteiger partial charge in [-0.15, -0.1) is 0 Å². The van der Waals surface area contributed by atoms with Crippen LogP contribution in [0.4, 0.5) is 0 Å². The van der Waals surface area contributed by atoms with E-state index in [0.717, 1.165) is 51.8 Å². The third-order valence-electron chi connectivity index (χ3n) is 10.6. The maximum atomic E-state index is 14.0. The van der Waals surface area contributed by atoms with E-state index in [4.69, 9.17) is 14.5 Å². The van der Waals surface area contributed by atoms with Crippen LogP contribution in [0.15, 0.2) is 54.7 Å². The monoisotopic (exact) mass is 798 g/mol. The van der Waals surface area contributed by atoms with Crippen molar-refractivity contribution in [2.45, 2.75) is 104 Å². The first-order valence-electron chi connectivity index (χ1n) is 19.8. The lowest BCUT2D eigenvalue weighted by Crippen LogP contribution is -2.62. The molecule has 0 radical (unpaired) electrons. The molecular formula is C44H58N6O8. The highest BCUT2D eigenvalue weighted by atomic mass is 16.5. The van der Waals surface area contributed by atoms with Crippen molar-refractivity contribution in [1.29, 1.82) is 0 Å². The minimum Gasteiger partial charge on any atom is -0.508 e. The van der Waals surface area contributed by atoms with Crippen LogP contribution in [0.3, 0.4) is 0 Å². The Hall–Kier alpha value is -5.31. The number of aryl methyl sites for hydroxylation is 1. The SMILES string of the molecule is CCn1c(-c2cccnc2[C@H](C)OC)c(CC(C)(C)COC=O)c2cc(-c3cc(O)cc(C[C@H](NC(=O)[C@@H](NC(C)=O)C(C)(C)O)C(=O)N4CCCCN4)c3)ccc21. The van der Waals surface area contributed by atoms with Gasteiger partial charge in [0.2, 0.25) is 11.8 Å². The van der Waals surface area contributed by atoms with Crippen molar-refractivity contribution in [3.05, 3.63) is 71.5 Å². The summed E-state index contributed by atoms with van der Waals surface area (Å²) in [6.45, 7) is 14.6. The van der Waals surface area contributed by atoms with E-state index in [1.807, 2.05) is 25.1 Å². The third-order valence-corrected chi connectivity index (χ3v) is 10.6. The number of carbonyl (C=O) groups is 4. The van der Waals surface area contributed by atoms with Crippen molar-refractivity contribution < 1.29 is 38.9 Å². The standard InChI is InChI=1S/C44H58N6O8/c1-9-49-37-15-14-30(23-34(37)35(24-43(4,5)25-58-26-51)39(49)33-13-12-16-45-38(33)27(2)57-8)31-19-29(20-32(53)22-31)21-36(42(55)50-18-11-10-17-46-50)48-41(54)40(44(6,7)56)47-28(3)52/h12-16,19-20,22-23,26-27,36,40,46,53,56H,9-11,17-18,21,24-25H2,1-8H3,(H,47,52)(H,48,54)/t27-,36-,40+/m0/s1. The van der Waals surface area contributed by atoms with Gasteiger partial charge >= 0.3 is 0 Å². The number of nitrogens with one attached hydrogen (secondary N) is 3. The van der Waals surface area contributed by atoms with Crippen LogP contribution in [-0.2, 0) is 48.0 Å². The Labute approximate surface area is 340 Å². The molecule has 0 aliphatic carbocycles.